The highest BCUT2D eigenvalue weighted by Gasteiger charge is 1.88. The first-order valence-corrected chi connectivity index (χ1v) is 2.60. The lowest BCUT2D eigenvalue weighted by molar-refractivity contribution is 0.160. The summed E-state index contributed by atoms with van der Waals surface area (Å²) < 4.78 is 4.39. The average Bonchev–Trinajstić information content (AvgIpc) is 1.80. The molecule has 0 unspecified atom stereocenters. The first kappa shape index (κ1) is 7.94. The van der Waals surface area contributed by atoms with Gasteiger partial charge in [-0.3, -0.25) is 0 Å². The fraction of sp³-hybridized carbons (Fsp3) is 0.600. The van der Waals surface area contributed by atoms with E-state index in [1.54, 1.807) is 13.3 Å². The maximum absolute atomic E-state index is 9.92. The van der Waals surface area contributed by atoms with Gasteiger partial charge in [-0.2, -0.15) is 0 Å². The smallest absolute Gasteiger partial charge is 0.404 e. The maximum Gasteiger partial charge on any atom is 0.404 e. The van der Waals surface area contributed by atoms with Gasteiger partial charge in [0.25, 0.3) is 0 Å². The van der Waals surface area contributed by atoms with Crippen molar-refractivity contribution in [3.8, 4) is 0 Å². The highest BCUT2D eigenvalue weighted by Crippen LogP contribution is 1.77. The Morgan fingerprint density at radius 1 is 1.89 bits per heavy atom. The van der Waals surface area contributed by atoms with E-state index in [1.165, 1.54) is 0 Å². The van der Waals surface area contributed by atoms with Crippen LogP contribution in [0.3, 0.4) is 0 Å². The van der Waals surface area contributed by atoms with Crippen molar-refractivity contribution in [3.05, 3.63) is 0 Å². The van der Waals surface area contributed by atoms with Crippen LogP contribution in [-0.4, -0.2) is 26.0 Å². The van der Waals surface area contributed by atoms with Gasteiger partial charge in [-0.25, -0.2) is 4.79 Å². The fourth-order valence-corrected chi connectivity index (χ4v) is 0.341. The molecule has 0 radical (unpaired) electrons. The lowest BCUT2D eigenvalue weighted by Crippen LogP contribution is -2.13. The van der Waals surface area contributed by atoms with Gasteiger partial charge in [0.15, 0.2) is 0 Å². The summed E-state index contributed by atoms with van der Waals surface area (Å²) in [6.07, 6.45) is 1.54. The summed E-state index contributed by atoms with van der Waals surface area (Å²) in [7, 11) is 1.66. The number of hydrogen-bond acceptors (Lipinski definition) is 3. The zero-order chi connectivity index (χ0) is 7.11. The molecule has 0 aromatic rings. The first-order chi connectivity index (χ1) is 4.27. The van der Waals surface area contributed by atoms with E-state index in [0.29, 0.717) is 13.0 Å². The topological polar surface area (TPSA) is 64.7 Å². The van der Waals surface area contributed by atoms with E-state index >= 15 is 0 Å². The summed E-state index contributed by atoms with van der Waals surface area (Å²) in [4.78, 5) is 13.6. The van der Waals surface area contributed by atoms with Crippen LogP contribution in [0.2, 0.25) is 0 Å². The SMILES string of the molecule is CN=CCCOC(N)=O. The largest absolute Gasteiger partial charge is 0.449 e. The molecule has 52 valence electrons. The molecule has 1 amide bonds. The van der Waals surface area contributed by atoms with Gasteiger partial charge in [0.05, 0.1) is 6.61 Å². The molecule has 0 spiro atoms. The van der Waals surface area contributed by atoms with Gasteiger partial charge >= 0.3 is 6.09 Å². The van der Waals surface area contributed by atoms with Crippen molar-refractivity contribution in [2.24, 2.45) is 10.7 Å². The van der Waals surface area contributed by atoms with Crippen molar-refractivity contribution in [1.82, 2.24) is 0 Å². The lowest BCUT2D eigenvalue weighted by Gasteiger charge is -1.94. The van der Waals surface area contributed by atoms with Crippen LogP contribution in [0, 0.1) is 0 Å². The molecule has 0 aliphatic heterocycles. The lowest BCUT2D eigenvalue weighted by atomic mass is 10.5. The molecular formula is C5H10N2O2. The minimum absolute atomic E-state index is 0.312. The zero-order valence-corrected chi connectivity index (χ0v) is 5.33. The predicted molar refractivity (Wildman–Crippen MR) is 34.6 cm³/mol. The highest BCUT2D eigenvalue weighted by molar-refractivity contribution is 5.65. The van der Waals surface area contributed by atoms with Crippen LogP contribution < -0.4 is 5.73 Å². The Hall–Kier alpha value is -1.06. The Bertz CT molecular complexity index is 112. The van der Waals surface area contributed by atoms with Crippen LogP contribution in [-0.2, 0) is 4.74 Å². The Balaban J connectivity index is 3.01. The molecule has 0 aromatic heterocycles. The van der Waals surface area contributed by atoms with Gasteiger partial charge in [0.1, 0.15) is 0 Å². The van der Waals surface area contributed by atoms with Gasteiger partial charge in [0, 0.05) is 19.7 Å². The van der Waals surface area contributed by atoms with Gasteiger partial charge in [-0.05, 0) is 0 Å². The molecule has 0 aliphatic carbocycles. The monoisotopic (exact) mass is 130 g/mol. The molecule has 0 aliphatic rings. The predicted octanol–water partition coefficient (Wildman–Crippen LogP) is 0.172. The van der Waals surface area contributed by atoms with E-state index in [-0.39, 0.29) is 0 Å². The molecule has 0 saturated heterocycles. The van der Waals surface area contributed by atoms with Crippen LogP contribution in [0.5, 0.6) is 0 Å². The quantitative estimate of drug-likeness (QED) is 0.437. The number of aliphatic imine (C=N–C) groups is 1. The van der Waals surface area contributed by atoms with Crippen LogP contribution in [0.25, 0.3) is 0 Å². The van der Waals surface area contributed by atoms with Gasteiger partial charge < -0.3 is 15.5 Å². The number of primary amides is 1. The molecule has 2 N–H and O–H groups in total. The molecular weight excluding hydrogens is 120 g/mol. The molecule has 0 fully saturated rings. The van der Waals surface area contributed by atoms with E-state index in [1.807, 2.05) is 0 Å². The van der Waals surface area contributed by atoms with Crippen molar-refractivity contribution in [2.45, 2.75) is 6.42 Å². The maximum atomic E-state index is 9.92. The number of carbonyl (C=O) groups is 1. The molecule has 0 saturated carbocycles. The van der Waals surface area contributed by atoms with Gasteiger partial charge in [-0.15, -0.1) is 0 Å². The molecule has 9 heavy (non-hydrogen) atoms. The van der Waals surface area contributed by atoms with Crippen LogP contribution in [0.15, 0.2) is 4.99 Å². The minimum Gasteiger partial charge on any atom is -0.449 e. The van der Waals surface area contributed by atoms with E-state index in [0.717, 1.165) is 0 Å². The Labute approximate surface area is 53.7 Å². The third kappa shape index (κ3) is 6.94. The number of nitrogens with two attached hydrogens (primary N) is 1. The van der Waals surface area contributed by atoms with Crippen LogP contribution in [0.4, 0.5) is 4.79 Å². The van der Waals surface area contributed by atoms with Crippen molar-refractivity contribution < 1.29 is 9.53 Å². The standard InChI is InChI=1S/C5H10N2O2/c1-7-3-2-4-9-5(6)8/h3H,2,4H2,1H3,(H2,6,8). The van der Waals surface area contributed by atoms with Crippen LogP contribution in [0.1, 0.15) is 6.42 Å². The van der Waals surface area contributed by atoms with E-state index in [4.69, 9.17) is 0 Å². The van der Waals surface area contributed by atoms with E-state index < -0.39 is 6.09 Å². The van der Waals surface area contributed by atoms with Crippen molar-refractivity contribution >= 4 is 12.3 Å². The third-order valence-electron chi connectivity index (χ3n) is 0.674. The summed E-state index contributed by atoms with van der Waals surface area (Å²) in [5, 5.41) is 0. The van der Waals surface area contributed by atoms with Crippen LogP contribution >= 0.6 is 0 Å². The third-order valence-corrected chi connectivity index (χ3v) is 0.674. The second-order valence-corrected chi connectivity index (χ2v) is 1.40. The molecule has 4 nitrogen and oxygen atoms in total. The molecule has 0 aromatic carbocycles. The van der Waals surface area contributed by atoms with Crippen molar-refractivity contribution in [1.29, 1.82) is 0 Å². The Morgan fingerprint density at radius 3 is 3.00 bits per heavy atom. The molecule has 0 bridgehead atoms. The van der Waals surface area contributed by atoms with E-state index in [9.17, 15) is 4.79 Å². The molecule has 0 rings (SSSR count). The molecule has 0 atom stereocenters. The van der Waals surface area contributed by atoms with E-state index in [2.05, 4.69) is 15.5 Å². The first-order valence-electron chi connectivity index (χ1n) is 2.60. The fourth-order valence-electron chi connectivity index (χ4n) is 0.341. The number of nitrogens with zero attached hydrogens (tertiary/aromatic N) is 1. The van der Waals surface area contributed by atoms with Crippen molar-refractivity contribution in [3.63, 3.8) is 0 Å². The van der Waals surface area contributed by atoms with Gasteiger partial charge in [0.2, 0.25) is 0 Å². The average molecular weight is 130 g/mol. The Kier molecular flexibility index (Phi) is 4.49. The van der Waals surface area contributed by atoms with Gasteiger partial charge in [-0.1, -0.05) is 0 Å². The summed E-state index contributed by atoms with van der Waals surface area (Å²) >= 11 is 0. The normalized spacial score (nSPS) is 9.89. The number of hydrogen-bond donors (Lipinski definition) is 1. The number of amides is 1. The summed E-state index contributed by atoms with van der Waals surface area (Å²) in [5.74, 6) is 0. The molecule has 0 heterocycles. The summed E-state index contributed by atoms with van der Waals surface area (Å²) in [6.45, 7) is 0.312. The second kappa shape index (κ2) is 5.08. The second-order valence-electron chi connectivity index (χ2n) is 1.40. The molecule has 4 heteroatoms. The summed E-state index contributed by atoms with van der Waals surface area (Å²) in [5.41, 5.74) is 4.67. The number of carbonyl (C=O) groups excluding carboxylic acids is 1. The number of ether oxygens (including phenoxy) is 1. The summed E-state index contributed by atoms with van der Waals surface area (Å²) in [6, 6.07) is 0. The minimum atomic E-state index is -0.737. The number of rotatable bonds is 3. The highest BCUT2D eigenvalue weighted by atomic mass is 16.5. The zero-order valence-electron chi connectivity index (χ0n) is 5.33. The Morgan fingerprint density at radius 2 is 2.56 bits per heavy atom. The van der Waals surface area contributed by atoms with Crippen molar-refractivity contribution in [2.75, 3.05) is 13.7 Å².